The van der Waals surface area contributed by atoms with Gasteiger partial charge in [0.25, 0.3) is 5.24 Å². The zero-order chi connectivity index (χ0) is 21.1. The van der Waals surface area contributed by atoms with Crippen LogP contribution in [0.15, 0.2) is 48.5 Å². The Balaban J connectivity index is 1.38. The summed E-state index contributed by atoms with van der Waals surface area (Å²) in [5.41, 5.74) is 1.91. The van der Waals surface area contributed by atoms with Crippen LogP contribution < -0.4 is 14.8 Å². The molecule has 0 aromatic heterocycles. The topological polar surface area (TPSA) is 86.4 Å². The molecule has 2 heterocycles. The average molecular weight is 429 g/mol. The molecule has 2 aromatic carbocycles. The second-order valence-corrected chi connectivity index (χ2v) is 8.33. The summed E-state index contributed by atoms with van der Waals surface area (Å²) in [5, 5.41) is 1.64. The van der Waals surface area contributed by atoms with Crippen molar-refractivity contribution in [2.75, 3.05) is 13.7 Å². The predicted molar refractivity (Wildman–Crippen MR) is 112 cm³/mol. The maximum Gasteiger partial charge on any atom is 0.286 e. The van der Waals surface area contributed by atoms with E-state index in [4.69, 9.17) is 18.9 Å². The number of ether oxygens (including phenoxy) is 4. The molecule has 4 rings (SSSR count). The first-order valence-corrected chi connectivity index (χ1v) is 10.6. The van der Waals surface area contributed by atoms with E-state index < -0.39 is 0 Å². The van der Waals surface area contributed by atoms with E-state index in [0.29, 0.717) is 18.8 Å². The van der Waals surface area contributed by atoms with Gasteiger partial charge in [-0.15, -0.1) is 0 Å². The summed E-state index contributed by atoms with van der Waals surface area (Å²) in [4.78, 5) is 23.0. The van der Waals surface area contributed by atoms with Crippen LogP contribution >= 0.6 is 11.8 Å². The summed E-state index contributed by atoms with van der Waals surface area (Å²) in [6.07, 6.45) is 0.0359. The number of imide groups is 1. The van der Waals surface area contributed by atoms with Gasteiger partial charge in [-0.05, 0) is 48.7 Å². The number of methoxy groups -OCH3 is 1. The van der Waals surface area contributed by atoms with Gasteiger partial charge in [-0.25, -0.2) is 0 Å². The SMILES string of the molecule is COc1cccc([C@H](COc2ccc(CC3SC(=O)NC3=O)cc2)OC2OC2C)c1. The van der Waals surface area contributed by atoms with Crippen molar-refractivity contribution in [3.8, 4) is 11.5 Å². The van der Waals surface area contributed by atoms with Crippen LogP contribution in [-0.4, -0.2) is 42.5 Å². The molecule has 0 aliphatic carbocycles. The van der Waals surface area contributed by atoms with Crippen molar-refractivity contribution in [2.45, 2.75) is 37.1 Å². The lowest BCUT2D eigenvalue weighted by Crippen LogP contribution is -2.25. The predicted octanol–water partition coefficient (Wildman–Crippen LogP) is 3.47. The molecule has 0 radical (unpaired) electrons. The third-order valence-corrected chi connectivity index (χ3v) is 5.91. The molecule has 8 heteroatoms. The normalized spacial score (nSPS) is 23.7. The van der Waals surface area contributed by atoms with Gasteiger partial charge in [0.05, 0.1) is 12.4 Å². The van der Waals surface area contributed by atoms with Crippen LogP contribution in [-0.2, 0) is 20.7 Å². The number of rotatable bonds is 9. The number of benzene rings is 2. The summed E-state index contributed by atoms with van der Waals surface area (Å²) in [5.74, 6) is 1.21. The van der Waals surface area contributed by atoms with Gasteiger partial charge in [-0.1, -0.05) is 36.0 Å². The number of hydrogen-bond acceptors (Lipinski definition) is 7. The summed E-state index contributed by atoms with van der Waals surface area (Å²) in [7, 11) is 1.63. The number of nitrogens with one attached hydrogen (secondary N) is 1. The Morgan fingerprint density at radius 1 is 1.13 bits per heavy atom. The molecule has 2 saturated heterocycles. The minimum absolute atomic E-state index is 0.0786. The van der Waals surface area contributed by atoms with E-state index in [-0.39, 0.29) is 34.9 Å². The third-order valence-electron chi connectivity index (χ3n) is 4.93. The molecule has 7 nitrogen and oxygen atoms in total. The van der Waals surface area contributed by atoms with Crippen molar-refractivity contribution in [2.24, 2.45) is 0 Å². The highest BCUT2D eigenvalue weighted by Gasteiger charge is 2.38. The van der Waals surface area contributed by atoms with Crippen LogP contribution in [0, 0.1) is 0 Å². The third kappa shape index (κ3) is 5.13. The van der Waals surface area contributed by atoms with Gasteiger partial charge in [-0.2, -0.15) is 0 Å². The van der Waals surface area contributed by atoms with E-state index in [1.54, 1.807) is 7.11 Å². The Morgan fingerprint density at radius 3 is 2.53 bits per heavy atom. The van der Waals surface area contributed by atoms with Crippen molar-refractivity contribution in [1.29, 1.82) is 0 Å². The van der Waals surface area contributed by atoms with Gasteiger partial charge in [0.15, 0.2) is 6.29 Å². The van der Waals surface area contributed by atoms with Gasteiger partial charge in [-0.3, -0.25) is 14.9 Å². The smallest absolute Gasteiger partial charge is 0.286 e. The second kappa shape index (κ2) is 9.07. The first-order chi connectivity index (χ1) is 14.5. The van der Waals surface area contributed by atoms with Crippen LogP contribution in [0.1, 0.15) is 24.2 Å². The Labute approximate surface area is 179 Å². The van der Waals surface area contributed by atoms with Crippen molar-refractivity contribution in [3.63, 3.8) is 0 Å². The maximum atomic E-state index is 11.7. The van der Waals surface area contributed by atoms with Gasteiger partial charge >= 0.3 is 0 Å². The van der Waals surface area contributed by atoms with E-state index in [1.807, 2.05) is 55.5 Å². The number of carbonyl (C=O) groups excluding carboxylic acids is 2. The molecule has 2 aliphatic heterocycles. The van der Waals surface area contributed by atoms with E-state index in [2.05, 4.69) is 5.32 Å². The highest BCUT2D eigenvalue weighted by atomic mass is 32.2. The minimum atomic E-state index is -0.379. The van der Waals surface area contributed by atoms with E-state index in [9.17, 15) is 9.59 Å². The highest BCUT2D eigenvalue weighted by molar-refractivity contribution is 8.15. The van der Waals surface area contributed by atoms with Gasteiger partial charge in [0.2, 0.25) is 5.91 Å². The fourth-order valence-corrected chi connectivity index (χ4v) is 4.02. The summed E-state index contributed by atoms with van der Waals surface area (Å²) in [6, 6.07) is 15.2. The summed E-state index contributed by atoms with van der Waals surface area (Å²) >= 11 is 1.03. The molecule has 2 aromatic rings. The Kier molecular flexibility index (Phi) is 6.26. The summed E-state index contributed by atoms with van der Waals surface area (Å²) < 4.78 is 22.7. The number of carbonyl (C=O) groups is 2. The Bertz CT molecular complexity index is 918. The van der Waals surface area contributed by atoms with Crippen LogP contribution in [0.2, 0.25) is 0 Å². The number of thioether (sulfide) groups is 1. The number of epoxide rings is 1. The molecular weight excluding hydrogens is 406 g/mol. The van der Waals surface area contributed by atoms with E-state index in [0.717, 1.165) is 28.6 Å². The monoisotopic (exact) mass is 429 g/mol. The molecule has 158 valence electrons. The Hall–Kier alpha value is -2.55. The standard InChI is InChI=1S/C22H23NO6S/c1-13-21(28-13)29-18(15-4-3-5-17(11-15)26-2)12-27-16-8-6-14(7-9-16)10-19-20(24)23-22(25)30-19/h3-9,11,13,18-19,21H,10,12H2,1-2H3,(H,23,24,25)/t13?,18-,19?,21?/m0/s1. The quantitative estimate of drug-likeness (QED) is 0.611. The lowest BCUT2D eigenvalue weighted by Gasteiger charge is -2.19. The molecule has 0 bridgehead atoms. The largest absolute Gasteiger partial charge is 0.497 e. The van der Waals surface area contributed by atoms with Crippen molar-refractivity contribution in [1.82, 2.24) is 5.32 Å². The molecular formula is C22H23NO6S. The Morgan fingerprint density at radius 2 is 1.90 bits per heavy atom. The molecule has 2 aliphatic rings. The van der Waals surface area contributed by atoms with E-state index in [1.165, 1.54) is 0 Å². The highest BCUT2D eigenvalue weighted by Crippen LogP contribution is 2.32. The average Bonchev–Trinajstić information content (AvgIpc) is 3.35. The first kappa shape index (κ1) is 20.7. The first-order valence-electron chi connectivity index (χ1n) is 9.70. The van der Waals surface area contributed by atoms with Crippen LogP contribution in [0.25, 0.3) is 0 Å². The van der Waals surface area contributed by atoms with Crippen LogP contribution in [0.4, 0.5) is 4.79 Å². The lowest BCUT2D eigenvalue weighted by molar-refractivity contribution is -0.118. The molecule has 0 spiro atoms. The molecule has 0 saturated carbocycles. The van der Waals surface area contributed by atoms with Crippen molar-refractivity contribution in [3.05, 3.63) is 59.7 Å². The second-order valence-electron chi connectivity index (χ2n) is 7.15. The lowest BCUT2D eigenvalue weighted by atomic mass is 10.1. The van der Waals surface area contributed by atoms with Gasteiger partial charge in [0.1, 0.15) is 30.3 Å². The fourth-order valence-electron chi connectivity index (χ4n) is 3.16. The van der Waals surface area contributed by atoms with Gasteiger partial charge in [0, 0.05) is 0 Å². The van der Waals surface area contributed by atoms with Crippen molar-refractivity contribution >= 4 is 22.9 Å². The zero-order valence-corrected chi connectivity index (χ0v) is 17.5. The summed E-state index contributed by atoms with van der Waals surface area (Å²) in [6.45, 7) is 2.28. The fraction of sp³-hybridized carbons (Fsp3) is 0.364. The minimum Gasteiger partial charge on any atom is -0.497 e. The van der Waals surface area contributed by atoms with Crippen molar-refractivity contribution < 1.29 is 28.5 Å². The van der Waals surface area contributed by atoms with E-state index >= 15 is 0 Å². The van der Waals surface area contributed by atoms with Gasteiger partial charge < -0.3 is 18.9 Å². The maximum absolute atomic E-state index is 11.7. The molecule has 4 atom stereocenters. The number of amides is 2. The zero-order valence-electron chi connectivity index (χ0n) is 16.7. The molecule has 1 N–H and O–H groups in total. The molecule has 2 fully saturated rings. The van der Waals surface area contributed by atoms with Crippen LogP contribution in [0.5, 0.6) is 11.5 Å². The van der Waals surface area contributed by atoms with Crippen LogP contribution in [0.3, 0.4) is 0 Å². The molecule has 2 amide bonds. The molecule has 3 unspecified atom stereocenters. The number of hydrogen-bond donors (Lipinski definition) is 1. The molecule has 30 heavy (non-hydrogen) atoms.